The van der Waals surface area contributed by atoms with Crippen LogP contribution in [-0.2, 0) is 20.5 Å². The normalized spacial score (nSPS) is 22.6. The van der Waals surface area contributed by atoms with Crippen LogP contribution >= 0.6 is 0 Å². The summed E-state index contributed by atoms with van der Waals surface area (Å²) < 4.78 is 5.82. The third-order valence-electron chi connectivity index (χ3n) is 7.16. The van der Waals surface area contributed by atoms with Crippen molar-refractivity contribution in [3.8, 4) is 11.1 Å². The van der Waals surface area contributed by atoms with Crippen LogP contribution in [0.1, 0.15) is 40.7 Å². The summed E-state index contributed by atoms with van der Waals surface area (Å²) in [5, 5.41) is 0. The maximum atomic E-state index is 13.6. The fraction of sp³-hybridized carbons (Fsp3) is 0.269. The molecule has 1 aromatic heterocycles. The number of ether oxygens (including phenoxy) is 1. The second kappa shape index (κ2) is 6.66. The van der Waals surface area contributed by atoms with Crippen molar-refractivity contribution in [3.63, 3.8) is 0 Å². The SMILES string of the molecule is Nc1ccc(-c2ccc(C3(C(=O)N4CCC5(C4)OC(=O)c4ccccc45)CC3)cc2)cn1. The lowest BCUT2D eigenvalue weighted by Crippen LogP contribution is -2.40. The average Bonchev–Trinajstić information content (AvgIpc) is 3.46. The Morgan fingerprint density at radius 2 is 1.72 bits per heavy atom. The molecule has 1 saturated carbocycles. The van der Waals surface area contributed by atoms with E-state index in [1.807, 2.05) is 53.4 Å². The summed E-state index contributed by atoms with van der Waals surface area (Å²) in [6, 6.07) is 19.4. The number of pyridine rings is 1. The Bertz CT molecular complexity index is 1230. The first kappa shape index (κ1) is 19.0. The first-order valence-corrected chi connectivity index (χ1v) is 11.0. The van der Waals surface area contributed by atoms with Gasteiger partial charge in [0.1, 0.15) is 5.82 Å². The predicted octanol–water partition coefficient (Wildman–Crippen LogP) is 3.66. The van der Waals surface area contributed by atoms with E-state index in [0.717, 1.165) is 35.1 Å². The Kier molecular flexibility index (Phi) is 3.97. The molecule has 2 aliphatic heterocycles. The third kappa shape index (κ3) is 2.75. The number of fused-ring (bicyclic) bond motifs is 2. The van der Waals surface area contributed by atoms with E-state index < -0.39 is 11.0 Å². The molecule has 0 bridgehead atoms. The number of hydrogen-bond donors (Lipinski definition) is 1. The summed E-state index contributed by atoms with van der Waals surface area (Å²) in [7, 11) is 0. The lowest BCUT2D eigenvalue weighted by molar-refractivity contribution is -0.134. The van der Waals surface area contributed by atoms with Crippen LogP contribution in [0, 0.1) is 0 Å². The van der Waals surface area contributed by atoms with Gasteiger partial charge in [0.15, 0.2) is 5.60 Å². The number of likely N-dealkylation sites (tertiary alicyclic amines) is 1. The molecule has 6 nitrogen and oxygen atoms in total. The molecule has 0 radical (unpaired) electrons. The fourth-order valence-corrected chi connectivity index (χ4v) is 5.22. The quantitative estimate of drug-likeness (QED) is 0.648. The van der Waals surface area contributed by atoms with Crippen molar-refractivity contribution in [2.75, 3.05) is 18.8 Å². The minimum Gasteiger partial charge on any atom is -0.449 e. The highest BCUT2D eigenvalue weighted by molar-refractivity contribution is 5.96. The maximum absolute atomic E-state index is 13.6. The van der Waals surface area contributed by atoms with E-state index in [0.29, 0.717) is 30.9 Å². The molecule has 3 heterocycles. The number of aromatic nitrogens is 1. The largest absolute Gasteiger partial charge is 0.449 e. The number of nitrogens with zero attached hydrogens (tertiary/aromatic N) is 2. The van der Waals surface area contributed by atoms with Crippen molar-refractivity contribution >= 4 is 17.7 Å². The summed E-state index contributed by atoms with van der Waals surface area (Å²) in [6.45, 7) is 1.02. The topological polar surface area (TPSA) is 85.5 Å². The minimum absolute atomic E-state index is 0.136. The Morgan fingerprint density at radius 1 is 0.969 bits per heavy atom. The van der Waals surface area contributed by atoms with Crippen LogP contribution in [0.25, 0.3) is 11.1 Å². The van der Waals surface area contributed by atoms with Crippen LogP contribution in [0.2, 0.25) is 0 Å². The molecule has 1 saturated heterocycles. The highest BCUT2D eigenvalue weighted by Gasteiger charge is 2.57. The number of benzene rings is 2. The summed E-state index contributed by atoms with van der Waals surface area (Å²) in [6.07, 6.45) is 4.08. The van der Waals surface area contributed by atoms with Gasteiger partial charge in [-0.3, -0.25) is 4.79 Å². The van der Waals surface area contributed by atoms with Gasteiger partial charge >= 0.3 is 5.97 Å². The lowest BCUT2D eigenvalue weighted by Gasteiger charge is -2.27. The molecule has 3 aliphatic rings. The summed E-state index contributed by atoms with van der Waals surface area (Å²) >= 11 is 0. The molecule has 6 heteroatoms. The molecule has 1 spiro atoms. The second-order valence-electron chi connectivity index (χ2n) is 9.04. The smallest absolute Gasteiger partial charge is 0.339 e. The number of amides is 1. The number of anilines is 1. The van der Waals surface area contributed by atoms with E-state index in [2.05, 4.69) is 4.98 Å². The third-order valence-corrected chi connectivity index (χ3v) is 7.16. The van der Waals surface area contributed by atoms with Crippen molar-refractivity contribution in [3.05, 3.63) is 83.6 Å². The molecular formula is C26H23N3O3. The highest BCUT2D eigenvalue weighted by Crippen LogP contribution is 2.52. The van der Waals surface area contributed by atoms with Crippen LogP contribution in [0.3, 0.4) is 0 Å². The standard InChI is InChI=1S/C26H23N3O3/c27-22-10-7-18(15-28-22)17-5-8-19(9-6-17)25(11-12-25)24(31)29-14-13-26(16-29)21-4-2-1-3-20(21)23(30)32-26/h1-10,15H,11-14,16H2,(H2,27,28). The predicted molar refractivity (Wildman–Crippen MR) is 120 cm³/mol. The Morgan fingerprint density at radius 3 is 2.44 bits per heavy atom. The van der Waals surface area contributed by atoms with Gasteiger partial charge < -0.3 is 15.4 Å². The number of esters is 1. The monoisotopic (exact) mass is 425 g/mol. The fourth-order valence-electron chi connectivity index (χ4n) is 5.22. The first-order valence-electron chi connectivity index (χ1n) is 11.0. The minimum atomic E-state index is -0.703. The number of carbonyl (C=O) groups excluding carboxylic acids is 2. The summed E-state index contributed by atoms with van der Waals surface area (Å²) in [4.78, 5) is 32.0. The second-order valence-corrected chi connectivity index (χ2v) is 9.04. The van der Waals surface area contributed by atoms with E-state index in [1.54, 1.807) is 18.3 Å². The first-order chi connectivity index (χ1) is 15.5. The molecule has 1 aliphatic carbocycles. The van der Waals surface area contributed by atoms with Gasteiger partial charge in [-0.25, -0.2) is 9.78 Å². The Labute approximate surface area is 186 Å². The van der Waals surface area contributed by atoms with Crippen molar-refractivity contribution in [1.82, 2.24) is 9.88 Å². The van der Waals surface area contributed by atoms with Crippen LogP contribution in [0.4, 0.5) is 5.82 Å². The van der Waals surface area contributed by atoms with E-state index in [1.165, 1.54) is 0 Å². The van der Waals surface area contributed by atoms with E-state index in [9.17, 15) is 9.59 Å². The molecule has 1 atom stereocenters. The van der Waals surface area contributed by atoms with E-state index in [4.69, 9.17) is 10.5 Å². The number of nitrogens with two attached hydrogens (primary N) is 1. The van der Waals surface area contributed by atoms with E-state index >= 15 is 0 Å². The molecule has 3 aromatic rings. The molecule has 6 rings (SSSR count). The zero-order chi connectivity index (χ0) is 21.9. The van der Waals surface area contributed by atoms with Gasteiger partial charge in [0.2, 0.25) is 5.91 Å². The number of rotatable bonds is 3. The van der Waals surface area contributed by atoms with Crippen LogP contribution in [-0.4, -0.2) is 34.8 Å². The van der Waals surface area contributed by atoms with Gasteiger partial charge in [0.25, 0.3) is 0 Å². The molecule has 32 heavy (non-hydrogen) atoms. The van der Waals surface area contributed by atoms with E-state index in [-0.39, 0.29) is 11.9 Å². The Hall–Kier alpha value is -3.67. The maximum Gasteiger partial charge on any atom is 0.339 e. The van der Waals surface area contributed by atoms with Crippen molar-refractivity contribution in [2.45, 2.75) is 30.3 Å². The zero-order valence-electron chi connectivity index (χ0n) is 17.6. The highest BCUT2D eigenvalue weighted by atomic mass is 16.6. The van der Waals surface area contributed by atoms with Crippen molar-refractivity contribution < 1.29 is 14.3 Å². The summed E-state index contributed by atoms with van der Waals surface area (Å²) in [5.74, 6) is 0.340. The average molecular weight is 425 g/mol. The number of nitrogen functional groups attached to an aromatic ring is 1. The van der Waals surface area contributed by atoms with Crippen molar-refractivity contribution in [1.29, 1.82) is 0 Å². The molecule has 1 amide bonds. The summed E-state index contributed by atoms with van der Waals surface area (Å²) in [5.41, 5.74) is 9.12. The van der Waals surface area contributed by atoms with Gasteiger partial charge in [-0.2, -0.15) is 0 Å². The van der Waals surface area contributed by atoms with Crippen molar-refractivity contribution in [2.24, 2.45) is 0 Å². The van der Waals surface area contributed by atoms with Crippen LogP contribution in [0.5, 0.6) is 0 Å². The number of carbonyl (C=O) groups is 2. The van der Waals surface area contributed by atoms with Gasteiger partial charge in [-0.15, -0.1) is 0 Å². The lowest BCUT2D eigenvalue weighted by atomic mass is 9.91. The molecule has 160 valence electrons. The molecule has 1 unspecified atom stereocenters. The van der Waals surface area contributed by atoms with Gasteiger partial charge in [-0.05, 0) is 42.2 Å². The molecule has 2 fully saturated rings. The zero-order valence-corrected chi connectivity index (χ0v) is 17.6. The molecule has 2 aromatic carbocycles. The Balaban J connectivity index is 1.24. The number of hydrogen-bond acceptors (Lipinski definition) is 5. The van der Waals surface area contributed by atoms with Crippen LogP contribution < -0.4 is 5.73 Å². The molecule has 2 N–H and O–H groups in total. The molecular weight excluding hydrogens is 402 g/mol. The van der Waals surface area contributed by atoms with Crippen LogP contribution in [0.15, 0.2) is 66.9 Å². The van der Waals surface area contributed by atoms with Gasteiger partial charge in [0, 0.05) is 30.3 Å². The van der Waals surface area contributed by atoms with Gasteiger partial charge in [-0.1, -0.05) is 42.5 Å². The van der Waals surface area contributed by atoms with Gasteiger partial charge in [0.05, 0.1) is 17.5 Å².